The molecule has 1 aliphatic rings. The molecular formula is C17H21N3O2. The van der Waals surface area contributed by atoms with Crippen LogP contribution in [-0.4, -0.2) is 25.8 Å². The van der Waals surface area contributed by atoms with Crippen LogP contribution in [0, 0.1) is 6.92 Å². The number of aryl methyl sites for hydroxylation is 1. The molecule has 2 aromatic heterocycles. The maximum Gasteiger partial charge on any atom is 0.336 e. The highest BCUT2D eigenvalue weighted by Gasteiger charge is 2.21. The van der Waals surface area contributed by atoms with Crippen LogP contribution in [0.5, 0.6) is 0 Å². The molecule has 0 amide bonds. The van der Waals surface area contributed by atoms with Crippen LogP contribution in [0.25, 0.3) is 0 Å². The van der Waals surface area contributed by atoms with E-state index in [0.717, 1.165) is 29.7 Å². The summed E-state index contributed by atoms with van der Waals surface area (Å²) in [5.41, 5.74) is 3.30. The third-order valence-corrected chi connectivity index (χ3v) is 4.52. The van der Waals surface area contributed by atoms with Gasteiger partial charge in [-0.25, -0.2) is 4.79 Å². The molecule has 0 bridgehead atoms. The van der Waals surface area contributed by atoms with Crippen molar-refractivity contribution >= 4 is 5.97 Å². The standard InChI is InChI=1S/C17H21N3O2/c1-12-10-19-20(14-5-3-2-4-6-14)16(12)9-13-11-18-8-7-15(13)17(21)22/h7-8,10-11,14H,2-6,9H2,1H3,(H,21,22). The van der Waals surface area contributed by atoms with E-state index >= 15 is 0 Å². The Hall–Kier alpha value is -2.17. The number of carboxylic acids is 1. The topological polar surface area (TPSA) is 68.0 Å². The smallest absolute Gasteiger partial charge is 0.336 e. The normalized spacial score (nSPS) is 15.9. The number of aromatic nitrogens is 3. The summed E-state index contributed by atoms with van der Waals surface area (Å²) in [6, 6.07) is 2.01. The number of rotatable bonds is 4. The van der Waals surface area contributed by atoms with Crippen LogP contribution in [0.4, 0.5) is 0 Å². The molecule has 2 aromatic rings. The van der Waals surface area contributed by atoms with E-state index in [1.54, 1.807) is 12.3 Å². The molecule has 5 nitrogen and oxygen atoms in total. The van der Waals surface area contributed by atoms with Crippen molar-refractivity contribution in [2.24, 2.45) is 0 Å². The summed E-state index contributed by atoms with van der Waals surface area (Å²) < 4.78 is 2.12. The molecule has 0 radical (unpaired) electrons. The van der Waals surface area contributed by atoms with Crippen LogP contribution in [0.3, 0.4) is 0 Å². The number of carboxylic acid groups (broad SMARTS) is 1. The van der Waals surface area contributed by atoms with Crippen LogP contribution in [-0.2, 0) is 6.42 Å². The molecular weight excluding hydrogens is 278 g/mol. The van der Waals surface area contributed by atoms with Crippen LogP contribution in [0.15, 0.2) is 24.7 Å². The number of carbonyl (C=O) groups is 1. The summed E-state index contributed by atoms with van der Waals surface area (Å²) in [6.07, 6.45) is 11.8. The Labute approximate surface area is 130 Å². The van der Waals surface area contributed by atoms with Crippen LogP contribution in [0.1, 0.15) is 65.3 Å². The number of hydrogen-bond donors (Lipinski definition) is 1. The van der Waals surface area contributed by atoms with Gasteiger partial charge in [-0.05, 0) is 37.0 Å². The molecule has 0 aromatic carbocycles. The molecule has 1 N–H and O–H groups in total. The summed E-state index contributed by atoms with van der Waals surface area (Å²) in [4.78, 5) is 15.5. The Morgan fingerprint density at radius 2 is 2.09 bits per heavy atom. The lowest BCUT2D eigenvalue weighted by molar-refractivity contribution is 0.0695. The summed E-state index contributed by atoms with van der Waals surface area (Å²) >= 11 is 0. The van der Waals surface area contributed by atoms with Crippen molar-refractivity contribution in [1.29, 1.82) is 0 Å². The summed E-state index contributed by atoms with van der Waals surface area (Å²) in [5, 5.41) is 13.9. The van der Waals surface area contributed by atoms with E-state index in [2.05, 4.69) is 14.8 Å². The summed E-state index contributed by atoms with van der Waals surface area (Å²) in [7, 11) is 0. The van der Waals surface area contributed by atoms with E-state index in [1.807, 2.05) is 13.1 Å². The monoisotopic (exact) mass is 299 g/mol. The van der Waals surface area contributed by atoms with Gasteiger partial charge in [0.25, 0.3) is 0 Å². The molecule has 1 saturated carbocycles. The Morgan fingerprint density at radius 1 is 1.32 bits per heavy atom. The molecule has 0 atom stereocenters. The molecule has 0 saturated heterocycles. The maximum atomic E-state index is 11.4. The Kier molecular flexibility index (Phi) is 4.22. The van der Waals surface area contributed by atoms with E-state index in [0.29, 0.717) is 18.0 Å². The van der Waals surface area contributed by atoms with E-state index in [4.69, 9.17) is 0 Å². The fraction of sp³-hybridized carbons (Fsp3) is 0.471. The van der Waals surface area contributed by atoms with Crippen molar-refractivity contribution in [3.05, 3.63) is 47.0 Å². The van der Waals surface area contributed by atoms with Gasteiger partial charge in [-0.1, -0.05) is 19.3 Å². The van der Waals surface area contributed by atoms with Gasteiger partial charge in [-0.2, -0.15) is 5.10 Å². The van der Waals surface area contributed by atoms with Gasteiger partial charge in [0.15, 0.2) is 0 Å². The third-order valence-electron chi connectivity index (χ3n) is 4.52. The number of hydrogen-bond acceptors (Lipinski definition) is 3. The van der Waals surface area contributed by atoms with Crippen molar-refractivity contribution in [2.45, 2.75) is 51.5 Å². The average molecular weight is 299 g/mol. The number of pyridine rings is 1. The minimum absolute atomic E-state index is 0.325. The van der Waals surface area contributed by atoms with Crippen LogP contribution >= 0.6 is 0 Å². The number of nitrogens with zero attached hydrogens (tertiary/aromatic N) is 3. The quantitative estimate of drug-likeness (QED) is 0.939. The zero-order chi connectivity index (χ0) is 15.5. The molecule has 3 rings (SSSR count). The van der Waals surface area contributed by atoms with E-state index < -0.39 is 5.97 Å². The van der Waals surface area contributed by atoms with Crippen molar-refractivity contribution in [2.75, 3.05) is 0 Å². The van der Waals surface area contributed by atoms with Crippen LogP contribution in [0.2, 0.25) is 0 Å². The molecule has 0 spiro atoms. The second-order valence-electron chi connectivity index (χ2n) is 6.03. The Balaban J connectivity index is 1.92. The second-order valence-corrected chi connectivity index (χ2v) is 6.03. The minimum atomic E-state index is -0.904. The van der Waals surface area contributed by atoms with Crippen molar-refractivity contribution in [1.82, 2.24) is 14.8 Å². The van der Waals surface area contributed by atoms with Crippen molar-refractivity contribution in [3.63, 3.8) is 0 Å². The zero-order valence-corrected chi connectivity index (χ0v) is 12.8. The molecule has 1 aliphatic carbocycles. The minimum Gasteiger partial charge on any atom is -0.478 e. The molecule has 116 valence electrons. The highest BCUT2D eigenvalue weighted by molar-refractivity contribution is 5.89. The Morgan fingerprint density at radius 3 is 2.82 bits per heavy atom. The zero-order valence-electron chi connectivity index (χ0n) is 12.8. The lowest BCUT2D eigenvalue weighted by atomic mass is 9.95. The lowest BCUT2D eigenvalue weighted by Crippen LogP contribution is -2.17. The first-order chi connectivity index (χ1) is 10.7. The first-order valence-electron chi connectivity index (χ1n) is 7.86. The molecule has 5 heteroatoms. The van der Waals surface area contributed by atoms with Gasteiger partial charge in [-0.15, -0.1) is 0 Å². The molecule has 22 heavy (non-hydrogen) atoms. The van der Waals surface area contributed by atoms with Gasteiger partial charge >= 0.3 is 5.97 Å². The molecule has 1 fully saturated rings. The van der Waals surface area contributed by atoms with E-state index in [1.165, 1.54) is 25.5 Å². The second kappa shape index (κ2) is 6.30. The predicted molar refractivity (Wildman–Crippen MR) is 83.1 cm³/mol. The first-order valence-corrected chi connectivity index (χ1v) is 7.86. The van der Waals surface area contributed by atoms with Gasteiger partial charge in [0.05, 0.1) is 17.8 Å². The predicted octanol–water partition coefficient (Wildman–Crippen LogP) is 3.38. The van der Waals surface area contributed by atoms with Gasteiger partial charge in [-0.3, -0.25) is 9.67 Å². The Bertz CT molecular complexity index is 672. The van der Waals surface area contributed by atoms with Gasteiger partial charge < -0.3 is 5.11 Å². The van der Waals surface area contributed by atoms with Gasteiger partial charge in [0.1, 0.15) is 0 Å². The van der Waals surface area contributed by atoms with Crippen molar-refractivity contribution < 1.29 is 9.90 Å². The fourth-order valence-electron chi connectivity index (χ4n) is 3.29. The summed E-state index contributed by atoms with van der Waals surface area (Å²) in [6.45, 7) is 2.04. The van der Waals surface area contributed by atoms with E-state index in [-0.39, 0.29) is 0 Å². The first kappa shape index (κ1) is 14.8. The SMILES string of the molecule is Cc1cnn(C2CCCCC2)c1Cc1cnccc1C(=O)O. The average Bonchev–Trinajstić information content (AvgIpc) is 2.90. The highest BCUT2D eigenvalue weighted by Crippen LogP contribution is 2.30. The van der Waals surface area contributed by atoms with Gasteiger partial charge in [0, 0.05) is 24.5 Å². The summed E-state index contributed by atoms with van der Waals surface area (Å²) in [5.74, 6) is -0.904. The molecule has 0 aliphatic heterocycles. The third kappa shape index (κ3) is 2.89. The van der Waals surface area contributed by atoms with Gasteiger partial charge in [0.2, 0.25) is 0 Å². The van der Waals surface area contributed by atoms with E-state index in [9.17, 15) is 9.90 Å². The molecule has 0 unspecified atom stereocenters. The number of aromatic carboxylic acids is 1. The lowest BCUT2D eigenvalue weighted by Gasteiger charge is -2.24. The highest BCUT2D eigenvalue weighted by atomic mass is 16.4. The largest absolute Gasteiger partial charge is 0.478 e. The van der Waals surface area contributed by atoms with Crippen LogP contribution < -0.4 is 0 Å². The maximum absolute atomic E-state index is 11.4. The van der Waals surface area contributed by atoms with Crippen molar-refractivity contribution in [3.8, 4) is 0 Å². The fourth-order valence-corrected chi connectivity index (χ4v) is 3.29. The molecule has 2 heterocycles.